The molecule has 0 aliphatic rings. The van der Waals surface area contributed by atoms with Crippen molar-refractivity contribution in [2.75, 3.05) is 0 Å². The van der Waals surface area contributed by atoms with E-state index in [1.54, 1.807) is 0 Å². The summed E-state index contributed by atoms with van der Waals surface area (Å²) in [5.74, 6) is 0. The first-order valence-electron chi connectivity index (χ1n) is 4.68. The molecular weight excluding hydrogens is 176 g/mol. The highest BCUT2D eigenvalue weighted by atomic mass is 16.3. The zero-order chi connectivity index (χ0) is 10.1. The lowest BCUT2D eigenvalue weighted by Gasteiger charge is -2.04. The van der Waals surface area contributed by atoms with Crippen LogP contribution in [0.1, 0.15) is 24.2 Å². The lowest BCUT2D eigenvalue weighted by molar-refractivity contribution is 0.278. The van der Waals surface area contributed by atoms with Crippen molar-refractivity contribution in [1.29, 1.82) is 0 Å². The van der Waals surface area contributed by atoms with E-state index in [1.807, 2.05) is 25.1 Å². The molecule has 0 unspecified atom stereocenters. The van der Waals surface area contributed by atoms with Crippen LogP contribution < -0.4 is 5.73 Å². The monoisotopic (exact) mass is 190 g/mol. The van der Waals surface area contributed by atoms with E-state index in [-0.39, 0.29) is 12.6 Å². The Balaban J connectivity index is 2.54. The van der Waals surface area contributed by atoms with Crippen molar-refractivity contribution in [3.63, 3.8) is 0 Å². The Bertz CT molecular complexity index is 445. The van der Waals surface area contributed by atoms with Crippen LogP contribution in [0.5, 0.6) is 0 Å². The number of benzene rings is 1. The summed E-state index contributed by atoms with van der Waals surface area (Å²) in [7, 11) is 0. The first-order chi connectivity index (χ1) is 6.70. The summed E-state index contributed by atoms with van der Waals surface area (Å²) >= 11 is 0. The molecule has 1 atom stereocenters. The van der Waals surface area contributed by atoms with E-state index in [1.165, 1.54) is 0 Å². The molecule has 0 bridgehead atoms. The number of nitrogens with two attached hydrogens (primary N) is 1. The van der Waals surface area contributed by atoms with Gasteiger partial charge in [-0.15, -0.1) is 0 Å². The Morgan fingerprint density at radius 1 is 1.43 bits per heavy atom. The molecule has 0 spiro atoms. The highest BCUT2D eigenvalue weighted by Gasteiger charge is 2.03. The zero-order valence-electron chi connectivity index (χ0n) is 8.12. The Kier molecular flexibility index (Phi) is 2.27. The Morgan fingerprint density at radius 3 is 2.86 bits per heavy atom. The third-order valence-corrected chi connectivity index (χ3v) is 2.40. The van der Waals surface area contributed by atoms with E-state index in [4.69, 9.17) is 10.8 Å². The maximum absolute atomic E-state index is 8.96. The van der Waals surface area contributed by atoms with Gasteiger partial charge in [0.15, 0.2) is 0 Å². The van der Waals surface area contributed by atoms with Gasteiger partial charge in [0.25, 0.3) is 0 Å². The summed E-state index contributed by atoms with van der Waals surface area (Å²) in [6.45, 7) is 2.00. The number of hydrogen-bond acceptors (Lipinski definition) is 2. The van der Waals surface area contributed by atoms with Crippen molar-refractivity contribution < 1.29 is 5.11 Å². The fraction of sp³-hybridized carbons (Fsp3) is 0.273. The number of hydrogen-bond donors (Lipinski definition) is 3. The Morgan fingerprint density at radius 2 is 2.21 bits per heavy atom. The molecule has 0 aliphatic carbocycles. The van der Waals surface area contributed by atoms with Crippen LogP contribution in [0.15, 0.2) is 24.3 Å². The summed E-state index contributed by atoms with van der Waals surface area (Å²) in [5.41, 5.74) is 8.77. The first kappa shape index (κ1) is 9.24. The number of aromatic amines is 1. The number of aromatic nitrogens is 1. The van der Waals surface area contributed by atoms with E-state index in [2.05, 4.69) is 11.1 Å². The van der Waals surface area contributed by atoms with E-state index in [0.29, 0.717) is 0 Å². The molecule has 0 saturated carbocycles. The first-order valence-corrected chi connectivity index (χ1v) is 4.68. The van der Waals surface area contributed by atoms with E-state index < -0.39 is 0 Å². The predicted octanol–water partition coefficient (Wildman–Crippen LogP) is 1.68. The van der Waals surface area contributed by atoms with Crippen molar-refractivity contribution in [3.8, 4) is 0 Å². The van der Waals surface area contributed by atoms with Crippen molar-refractivity contribution in [2.24, 2.45) is 5.73 Å². The van der Waals surface area contributed by atoms with E-state index in [0.717, 1.165) is 22.2 Å². The molecule has 0 saturated heterocycles. The highest BCUT2D eigenvalue weighted by molar-refractivity contribution is 5.81. The molecule has 3 nitrogen and oxygen atoms in total. The molecule has 0 aliphatic heterocycles. The van der Waals surface area contributed by atoms with Gasteiger partial charge in [0.1, 0.15) is 0 Å². The summed E-state index contributed by atoms with van der Waals surface area (Å²) in [5, 5.41) is 10.1. The van der Waals surface area contributed by atoms with Crippen molar-refractivity contribution in [2.45, 2.75) is 19.6 Å². The SMILES string of the molecule is C[C@@H](N)c1ccc2[nH]c(CO)cc2c1. The van der Waals surface area contributed by atoms with Crippen LogP contribution in [0.3, 0.4) is 0 Å². The molecule has 4 N–H and O–H groups in total. The topological polar surface area (TPSA) is 62.0 Å². The summed E-state index contributed by atoms with van der Waals surface area (Å²) in [6, 6.07) is 8.04. The van der Waals surface area contributed by atoms with Crippen LogP contribution in [0, 0.1) is 0 Å². The second kappa shape index (κ2) is 3.44. The Labute approximate surface area is 82.6 Å². The molecule has 2 rings (SSSR count). The summed E-state index contributed by atoms with van der Waals surface area (Å²) in [4.78, 5) is 3.12. The molecule has 74 valence electrons. The number of H-pyrrole nitrogens is 1. The third kappa shape index (κ3) is 1.52. The Hall–Kier alpha value is -1.32. The normalized spacial score (nSPS) is 13.4. The van der Waals surface area contributed by atoms with Crippen LogP contribution in [0.4, 0.5) is 0 Å². The van der Waals surface area contributed by atoms with E-state index in [9.17, 15) is 0 Å². The minimum absolute atomic E-state index is 0.0438. The standard InChI is InChI=1S/C11H14N2O/c1-7(12)8-2-3-11-9(4-8)5-10(6-14)13-11/h2-5,7,13-14H,6,12H2,1H3/t7-/m1/s1. The van der Waals surface area contributed by atoms with Crippen LogP contribution in [0.2, 0.25) is 0 Å². The second-order valence-corrected chi connectivity index (χ2v) is 3.59. The average molecular weight is 190 g/mol. The number of aliphatic hydroxyl groups excluding tert-OH is 1. The molecule has 14 heavy (non-hydrogen) atoms. The number of aliphatic hydroxyl groups is 1. The average Bonchev–Trinajstić information content (AvgIpc) is 2.58. The molecule has 3 heteroatoms. The van der Waals surface area contributed by atoms with Gasteiger partial charge in [-0.3, -0.25) is 0 Å². The van der Waals surface area contributed by atoms with Gasteiger partial charge in [-0.25, -0.2) is 0 Å². The van der Waals surface area contributed by atoms with Crippen LogP contribution in [-0.2, 0) is 6.61 Å². The molecule has 0 fully saturated rings. The fourth-order valence-electron chi connectivity index (χ4n) is 1.58. The van der Waals surface area contributed by atoms with Gasteiger partial charge in [-0.1, -0.05) is 6.07 Å². The highest BCUT2D eigenvalue weighted by Crippen LogP contribution is 2.20. The van der Waals surface area contributed by atoms with E-state index >= 15 is 0 Å². The zero-order valence-corrected chi connectivity index (χ0v) is 8.12. The second-order valence-electron chi connectivity index (χ2n) is 3.59. The van der Waals surface area contributed by atoms with Crippen LogP contribution in [-0.4, -0.2) is 10.1 Å². The maximum Gasteiger partial charge on any atom is 0.0831 e. The molecule has 1 heterocycles. The van der Waals surface area contributed by atoms with Gasteiger partial charge < -0.3 is 15.8 Å². The predicted molar refractivity (Wildman–Crippen MR) is 56.8 cm³/mol. The number of rotatable bonds is 2. The van der Waals surface area contributed by atoms with Gasteiger partial charge in [0, 0.05) is 22.6 Å². The summed E-state index contributed by atoms with van der Waals surface area (Å²) in [6.07, 6.45) is 0. The van der Waals surface area contributed by atoms with Crippen molar-refractivity contribution in [1.82, 2.24) is 4.98 Å². The van der Waals surface area contributed by atoms with Crippen LogP contribution >= 0.6 is 0 Å². The molecule has 1 aromatic heterocycles. The quantitative estimate of drug-likeness (QED) is 0.674. The third-order valence-electron chi connectivity index (χ3n) is 2.40. The minimum Gasteiger partial charge on any atom is -0.390 e. The van der Waals surface area contributed by atoms with Gasteiger partial charge in [0.2, 0.25) is 0 Å². The number of nitrogens with one attached hydrogen (secondary N) is 1. The fourth-order valence-corrected chi connectivity index (χ4v) is 1.58. The maximum atomic E-state index is 8.96. The molecule has 0 amide bonds. The smallest absolute Gasteiger partial charge is 0.0831 e. The van der Waals surface area contributed by atoms with Gasteiger partial charge in [-0.2, -0.15) is 0 Å². The summed E-state index contributed by atoms with van der Waals surface area (Å²) < 4.78 is 0. The van der Waals surface area contributed by atoms with Gasteiger partial charge in [0.05, 0.1) is 6.61 Å². The lowest BCUT2D eigenvalue weighted by atomic mass is 10.1. The molecular formula is C11H14N2O. The van der Waals surface area contributed by atoms with Crippen molar-refractivity contribution in [3.05, 3.63) is 35.5 Å². The molecule has 2 aromatic rings. The minimum atomic E-state index is 0.0438. The van der Waals surface area contributed by atoms with Crippen molar-refractivity contribution >= 4 is 10.9 Å². The van der Waals surface area contributed by atoms with Gasteiger partial charge in [-0.05, 0) is 30.7 Å². The molecule has 1 aromatic carbocycles. The largest absolute Gasteiger partial charge is 0.390 e. The molecule has 0 radical (unpaired) electrons. The van der Waals surface area contributed by atoms with Crippen LogP contribution in [0.25, 0.3) is 10.9 Å². The van der Waals surface area contributed by atoms with Gasteiger partial charge >= 0.3 is 0 Å². The number of fused-ring (bicyclic) bond motifs is 1. The lowest BCUT2D eigenvalue weighted by Crippen LogP contribution is -2.04.